The monoisotopic (exact) mass is 427 g/mol. The number of alkyl halides is 2. The number of carbonyl (C=O) groups is 1. The van der Waals surface area contributed by atoms with E-state index in [1.54, 1.807) is 34.9 Å². The van der Waals surface area contributed by atoms with Crippen LogP contribution in [0, 0.1) is 5.82 Å². The summed E-state index contributed by atoms with van der Waals surface area (Å²) in [4.78, 5) is 15.8. The largest absolute Gasteiger partial charge is 0.417 e. The van der Waals surface area contributed by atoms with Crippen LogP contribution in [0.5, 0.6) is 5.88 Å². The molecule has 4 aromatic rings. The Morgan fingerprint density at radius 3 is 2.58 bits per heavy atom. The fourth-order valence-electron chi connectivity index (χ4n) is 3.02. The van der Waals surface area contributed by atoms with Gasteiger partial charge in [0.2, 0.25) is 5.88 Å². The van der Waals surface area contributed by atoms with E-state index in [2.05, 4.69) is 20.1 Å². The number of rotatable bonds is 6. The van der Waals surface area contributed by atoms with E-state index < -0.39 is 18.3 Å². The fourth-order valence-corrected chi connectivity index (χ4v) is 3.02. The number of aromatic nitrogens is 4. The van der Waals surface area contributed by atoms with Crippen LogP contribution >= 0.6 is 0 Å². The van der Waals surface area contributed by atoms with Crippen molar-refractivity contribution < 1.29 is 22.7 Å². The number of hydrogen-bond donors (Lipinski definition) is 1. The Bertz CT molecular complexity index is 1220. The van der Waals surface area contributed by atoms with Gasteiger partial charge in [0.25, 0.3) is 5.91 Å². The van der Waals surface area contributed by atoms with E-state index in [1.165, 1.54) is 23.0 Å². The lowest BCUT2D eigenvalue weighted by Gasteiger charge is -2.10. The number of nitrogens with zero attached hydrogens (tertiary/aromatic N) is 4. The Kier molecular flexibility index (Phi) is 5.44. The molecule has 0 spiro atoms. The van der Waals surface area contributed by atoms with E-state index in [0.717, 1.165) is 11.9 Å². The molecule has 0 aliphatic rings. The molecule has 158 valence electrons. The second-order valence-corrected chi connectivity index (χ2v) is 6.52. The van der Waals surface area contributed by atoms with Gasteiger partial charge in [0.05, 0.1) is 23.1 Å². The van der Waals surface area contributed by atoms with Gasteiger partial charge in [-0.05, 0) is 42.5 Å². The molecule has 1 aromatic carbocycles. The summed E-state index contributed by atoms with van der Waals surface area (Å²) in [5.41, 5.74) is 1.85. The highest BCUT2D eigenvalue weighted by Gasteiger charge is 2.18. The molecule has 0 saturated heterocycles. The molecule has 1 amide bonds. The zero-order valence-electron chi connectivity index (χ0n) is 16.2. The normalized spacial score (nSPS) is 11.0. The Morgan fingerprint density at radius 1 is 1.16 bits per heavy atom. The molecule has 0 saturated carbocycles. The van der Waals surface area contributed by atoms with Crippen molar-refractivity contribution in [2.45, 2.75) is 6.61 Å². The minimum absolute atomic E-state index is 0.137. The number of nitrogens with one attached hydrogen (secondary N) is 1. The Labute approximate surface area is 174 Å². The van der Waals surface area contributed by atoms with Crippen molar-refractivity contribution in [2.24, 2.45) is 7.05 Å². The summed E-state index contributed by atoms with van der Waals surface area (Å²) < 4.78 is 47.2. The SMILES string of the molecule is Cn1cccc1-c1cc(OC(F)F)n(-c2ccc(NC(=O)c3ccncc3F)cc2)n1. The molecular formula is C21H16F3N5O2. The summed E-state index contributed by atoms with van der Waals surface area (Å²) in [6.07, 6.45) is 4.07. The van der Waals surface area contributed by atoms with E-state index in [0.29, 0.717) is 17.1 Å². The van der Waals surface area contributed by atoms with Crippen molar-refractivity contribution in [1.82, 2.24) is 19.3 Å². The van der Waals surface area contributed by atoms with Crippen LogP contribution in [0.25, 0.3) is 17.1 Å². The van der Waals surface area contributed by atoms with Crippen LogP contribution in [-0.4, -0.2) is 31.9 Å². The predicted molar refractivity (Wildman–Crippen MR) is 107 cm³/mol. The van der Waals surface area contributed by atoms with Gasteiger partial charge in [-0.15, -0.1) is 0 Å². The highest BCUT2D eigenvalue weighted by Crippen LogP contribution is 2.28. The van der Waals surface area contributed by atoms with Gasteiger partial charge in [0.1, 0.15) is 5.69 Å². The predicted octanol–water partition coefficient (Wildman–Crippen LogP) is 4.27. The number of carbonyl (C=O) groups excluding carboxylic acids is 1. The third-order valence-corrected chi connectivity index (χ3v) is 4.48. The van der Waals surface area contributed by atoms with Crippen molar-refractivity contribution >= 4 is 11.6 Å². The highest BCUT2D eigenvalue weighted by atomic mass is 19.3. The molecule has 7 nitrogen and oxygen atoms in total. The molecule has 0 fully saturated rings. The topological polar surface area (TPSA) is 74.0 Å². The van der Waals surface area contributed by atoms with Gasteiger partial charge in [0.15, 0.2) is 5.82 Å². The Hall–Kier alpha value is -4.08. The van der Waals surface area contributed by atoms with Gasteiger partial charge in [-0.3, -0.25) is 9.78 Å². The first kappa shape index (κ1) is 20.2. The van der Waals surface area contributed by atoms with E-state index >= 15 is 0 Å². The number of hydrogen-bond acceptors (Lipinski definition) is 4. The fraction of sp³-hybridized carbons (Fsp3) is 0.0952. The third-order valence-electron chi connectivity index (χ3n) is 4.48. The highest BCUT2D eigenvalue weighted by molar-refractivity contribution is 6.04. The van der Waals surface area contributed by atoms with E-state index in [9.17, 15) is 18.0 Å². The first-order valence-corrected chi connectivity index (χ1v) is 9.10. The first-order valence-electron chi connectivity index (χ1n) is 9.10. The molecule has 31 heavy (non-hydrogen) atoms. The number of pyridine rings is 1. The quantitative estimate of drug-likeness (QED) is 0.499. The number of aryl methyl sites for hydroxylation is 1. The number of halogens is 3. The van der Waals surface area contributed by atoms with Gasteiger partial charge in [-0.25, -0.2) is 9.07 Å². The van der Waals surface area contributed by atoms with Gasteiger partial charge < -0.3 is 14.6 Å². The average molecular weight is 427 g/mol. The number of ether oxygens (including phenoxy) is 1. The molecular weight excluding hydrogens is 411 g/mol. The summed E-state index contributed by atoms with van der Waals surface area (Å²) in [6.45, 7) is -3.02. The maximum Gasteiger partial charge on any atom is 0.388 e. The number of benzene rings is 1. The molecule has 1 N–H and O–H groups in total. The summed E-state index contributed by atoms with van der Waals surface area (Å²) in [7, 11) is 1.81. The molecule has 10 heteroatoms. The second kappa shape index (κ2) is 8.34. The zero-order valence-corrected chi connectivity index (χ0v) is 16.2. The molecule has 0 aliphatic heterocycles. The smallest absolute Gasteiger partial charge is 0.388 e. The summed E-state index contributed by atoms with van der Waals surface area (Å²) in [5.74, 6) is -1.52. The Balaban J connectivity index is 1.61. The lowest BCUT2D eigenvalue weighted by Crippen LogP contribution is -2.14. The van der Waals surface area contributed by atoms with Gasteiger partial charge >= 0.3 is 6.61 Å². The lowest BCUT2D eigenvalue weighted by molar-refractivity contribution is -0.0544. The lowest BCUT2D eigenvalue weighted by atomic mass is 10.2. The molecule has 0 radical (unpaired) electrons. The number of amides is 1. The van der Waals surface area contributed by atoms with Crippen LogP contribution in [0.15, 0.2) is 67.1 Å². The van der Waals surface area contributed by atoms with Crippen molar-refractivity contribution in [3.05, 3.63) is 78.5 Å². The molecule has 0 atom stereocenters. The molecule has 0 bridgehead atoms. The van der Waals surface area contributed by atoms with Crippen LogP contribution in [0.4, 0.5) is 18.9 Å². The van der Waals surface area contributed by atoms with Crippen LogP contribution in [-0.2, 0) is 7.05 Å². The first-order chi connectivity index (χ1) is 14.9. The van der Waals surface area contributed by atoms with Crippen LogP contribution in [0.1, 0.15) is 10.4 Å². The van der Waals surface area contributed by atoms with Crippen LogP contribution in [0.3, 0.4) is 0 Å². The van der Waals surface area contributed by atoms with E-state index in [4.69, 9.17) is 0 Å². The van der Waals surface area contributed by atoms with Crippen LogP contribution < -0.4 is 10.1 Å². The molecule has 0 unspecified atom stereocenters. The van der Waals surface area contributed by atoms with E-state index in [-0.39, 0.29) is 11.4 Å². The minimum atomic E-state index is -3.02. The summed E-state index contributed by atoms with van der Waals surface area (Å²) >= 11 is 0. The summed E-state index contributed by atoms with van der Waals surface area (Å²) in [6, 6.07) is 12.5. The third kappa shape index (κ3) is 4.27. The zero-order chi connectivity index (χ0) is 22.0. The van der Waals surface area contributed by atoms with Crippen molar-refractivity contribution in [1.29, 1.82) is 0 Å². The maximum absolute atomic E-state index is 13.7. The average Bonchev–Trinajstić information content (AvgIpc) is 3.34. The van der Waals surface area contributed by atoms with Crippen LogP contribution in [0.2, 0.25) is 0 Å². The maximum atomic E-state index is 13.7. The van der Waals surface area contributed by atoms with Crippen molar-refractivity contribution in [3.8, 4) is 23.0 Å². The molecule has 3 aromatic heterocycles. The van der Waals surface area contributed by atoms with Gasteiger partial charge in [0, 0.05) is 31.2 Å². The minimum Gasteiger partial charge on any atom is -0.417 e. The number of anilines is 1. The molecule has 3 heterocycles. The second-order valence-electron chi connectivity index (χ2n) is 6.52. The molecule has 4 rings (SSSR count). The molecule has 0 aliphatic carbocycles. The van der Waals surface area contributed by atoms with Crippen molar-refractivity contribution in [3.63, 3.8) is 0 Å². The Morgan fingerprint density at radius 2 is 1.94 bits per heavy atom. The summed E-state index contributed by atoms with van der Waals surface area (Å²) in [5, 5.41) is 6.95. The van der Waals surface area contributed by atoms with E-state index in [1.807, 2.05) is 19.3 Å². The van der Waals surface area contributed by atoms with Gasteiger partial charge in [-0.1, -0.05) is 0 Å². The standard InChI is InChI=1S/C21H16F3N5O2/c1-28-10-2-3-18(28)17-11-19(31-21(23)24)29(27-17)14-6-4-13(5-7-14)26-20(30)15-8-9-25-12-16(15)22/h2-12,21H,1H3,(H,26,30). The van der Waals surface area contributed by atoms with Gasteiger partial charge in [-0.2, -0.15) is 13.9 Å². The van der Waals surface area contributed by atoms with Crippen molar-refractivity contribution in [2.75, 3.05) is 5.32 Å².